The molecular weight excluding hydrogens is 188 g/mol. The van der Waals surface area contributed by atoms with Gasteiger partial charge in [0, 0.05) is 19.4 Å². The predicted molar refractivity (Wildman–Crippen MR) is 48.9 cm³/mol. The molecule has 0 saturated heterocycles. The van der Waals surface area contributed by atoms with Crippen LogP contribution in [0, 0.1) is 5.92 Å². The molecule has 0 saturated carbocycles. The molecule has 0 aliphatic carbocycles. The van der Waals surface area contributed by atoms with Crippen molar-refractivity contribution in [3.8, 4) is 0 Å². The molecule has 3 N–H and O–H groups in total. The Labute approximate surface area is 82.7 Å². The predicted octanol–water partition coefficient (Wildman–Crippen LogP) is -0.808. The van der Waals surface area contributed by atoms with E-state index in [4.69, 9.17) is 15.3 Å². The van der Waals surface area contributed by atoms with E-state index < -0.39 is 11.8 Å². The minimum atomic E-state index is -0.510. The smallest absolute Gasteiger partial charge is 0.246 e. The van der Waals surface area contributed by atoms with Crippen molar-refractivity contribution >= 4 is 11.8 Å². The highest BCUT2D eigenvalue weighted by atomic mass is 16.7. The molecule has 0 aliphatic heterocycles. The number of ether oxygens (including phenoxy) is 1. The number of nitrogens with one attached hydrogen (secondary N) is 1. The summed E-state index contributed by atoms with van der Waals surface area (Å²) in [4.78, 5) is 26.4. The van der Waals surface area contributed by atoms with Gasteiger partial charge in [0.1, 0.15) is 0 Å². The van der Waals surface area contributed by atoms with Gasteiger partial charge in [0.15, 0.2) is 0 Å². The van der Waals surface area contributed by atoms with E-state index in [1.54, 1.807) is 6.92 Å². The van der Waals surface area contributed by atoms with E-state index in [0.29, 0.717) is 6.61 Å². The maximum Gasteiger partial charge on any atom is 0.246 e. The Morgan fingerprint density at radius 1 is 1.43 bits per heavy atom. The quantitative estimate of drug-likeness (QED) is 0.419. The average Bonchev–Trinajstić information content (AvgIpc) is 2.11. The lowest BCUT2D eigenvalue weighted by molar-refractivity contribution is -0.140. The molecule has 0 rings (SSSR count). The van der Waals surface area contributed by atoms with Gasteiger partial charge in [-0.1, -0.05) is 6.92 Å². The molecule has 0 aromatic heterocycles. The van der Waals surface area contributed by atoms with Crippen LogP contribution in [0.25, 0.3) is 0 Å². The van der Waals surface area contributed by atoms with Crippen LogP contribution in [0.2, 0.25) is 0 Å². The number of carbonyl (C=O) groups excluding carboxylic acids is 2. The third-order valence-electron chi connectivity index (χ3n) is 1.52. The van der Waals surface area contributed by atoms with E-state index in [1.165, 1.54) is 7.11 Å². The third-order valence-corrected chi connectivity index (χ3v) is 1.52. The maximum atomic E-state index is 11.2. The van der Waals surface area contributed by atoms with Gasteiger partial charge in [-0.25, -0.2) is 5.48 Å². The van der Waals surface area contributed by atoms with Crippen LogP contribution in [0.1, 0.15) is 13.3 Å². The lowest BCUT2D eigenvalue weighted by atomic mass is 10.1. The van der Waals surface area contributed by atoms with Gasteiger partial charge in [0.05, 0.1) is 13.2 Å². The van der Waals surface area contributed by atoms with E-state index in [1.807, 2.05) is 0 Å². The van der Waals surface area contributed by atoms with Crippen molar-refractivity contribution in [1.29, 1.82) is 0 Å². The van der Waals surface area contributed by atoms with Crippen LogP contribution in [0.5, 0.6) is 0 Å². The SMILES string of the molecule is COCCONC(=O)C(C)CC(N)=O. The summed E-state index contributed by atoms with van der Waals surface area (Å²) in [6.07, 6.45) is 0.0134. The maximum absolute atomic E-state index is 11.2. The fourth-order valence-electron chi connectivity index (χ4n) is 0.742. The van der Waals surface area contributed by atoms with Gasteiger partial charge in [-0.05, 0) is 0 Å². The average molecular weight is 204 g/mol. The molecule has 1 unspecified atom stereocenters. The number of nitrogens with two attached hydrogens (primary N) is 1. The minimum Gasteiger partial charge on any atom is -0.382 e. The minimum absolute atomic E-state index is 0.0134. The van der Waals surface area contributed by atoms with Crippen molar-refractivity contribution in [2.75, 3.05) is 20.3 Å². The van der Waals surface area contributed by atoms with Gasteiger partial charge in [-0.15, -0.1) is 0 Å². The number of primary amides is 1. The lowest BCUT2D eigenvalue weighted by Gasteiger charge is -2.09. The summed E-state index contributed by atoms with van der Waals surface area (Å²) >= 11 is 0. The first-order valence-electron chi connectivity index (χ1n) is 4.26. The summed E-state index contributed by atoms with van der Waals surface area (Å²) in [5.74, 6) is -1.35. The number of methoxy groups -OCH3 is 1. The first-order chi connectivity index (χ1) is 6.57. The highest BCUT2D eigenvalue weighted by Crippen LogP contribution is 1.99. The molecule has 0 aromatic rings. The Kier molecular flexibility index (Phi) is 6.69. The van der Waals surface area contributed by atoms with Gasteiger partial charge >= 0.3 is 0 Å². The summed E-state index contributed by atoms with van der Waals surface area (Å²) in [6, 6.07) is 0. The Morgan fingerprint density at radius 2 is 2.07 bits per heavy atom. The number of carbonyl (C=O) groups is 2. The fraction of sp³-hybridized carbons (Fsp3) is 0.750. The second kappa shape index (κ2) is 7.28. The molecule has 2 amide bonds. The molecule has 1 atom stereocenters. The van der Waals surface area contributed by atoms with Crippen LogP contribution < -0.4 is 11.2 Å². The standard InChI is InChI=1S/C8H16N2O4/c1-6(5-7(9)11)8(12)10-14-4-3-13-2/h6H,3-5H2,1-2H3,(H2,9,11)(H,10,12). The lowest BCUT2D eigenvalue weighted by Crippen LogP contribution is -2.32. The number of amides is 2. The van der Waals surface area contributed by atoms with Gasteiger partial charge < -0.3 is 10.5 Å². The Bertz CT molecular complexity index is 196. The van der Waals surface area contributed by atoms with Crippen LogP contribution in [0.15, 0.2) is 0 Å². The molecule has 0 aliphatic rings. The zero-order valence-electron chi connectivity index (χ0n) is 8.41. The normalized spacial score (nSPS) is 12.1. The van der Waals surface area contributed by atoms with Gasteiger partial charge in [-0.3, -0.25) is 14.4 Å². The van der Waals surface area contributed by atoms with Crippen molar-refractivity contribution in [2.45, 2.75) is 13.3 Å². The highest BCUT2D eigenvalue weighted by molar-refractivity contribution is 5.84. The van der Waals surface area contributed by atoms with E-state index in [2.05, 4.69) is 5.48 Å². The van der Waals surface area contributed by atoms with E-state index in [9.17, 15) is 9.59 Å². The molecule has 0 radical (unpaired) electrons. The summed E-state index contributed by atoms with van der Waals surface area (Å²) in [7, 11) is 1.53. The molecule has 0 spiro atoms. The van der Waals surface area contributed by atoms with Gasteiger partial charge in [0.2, 0.25) is 11.8 Å². The number of rotatable bonds is 7. The molecule has 6 heteroatoms. The van der Waals surface area contributed by atoms with Gasteiger partial charge in [-0.2, -0.15) is 0 Å². The molecule has 0 bridgehead atoms. The van der Waals surface area contributed by atoms with Crippen molar-refractivity contribution in [3.63, 3.8) is 0 Å². The van der Waals surface area contributed by atoms with Crippen LogP contribution in [-0.2, 0) is 19.2 Å². The van der Waals surface area contributed by atoms with Crippen molar-refractivity contribution in [2.24, 2.45) is 11.7 Å². The van der Waals surface area contributed by atoms with Crippen LogP contribution in [0.4, 0.5) is 0 Å². The first kappa shape index (κ1) is 12.9. The molecule has 14 heavy (non-hydrogen) atoms. The summed E-state index contributed by atoms with van der Waals surface area (Å²) in [5, 5.41) is 0. The monoisotopic (exact) mass is 204 g/mol. The Balaban J connectivity index is 3.57. The third kappa shape index (κ3) is 6.38. The number of hydrogen-bond acceptors (Lipinski definition) is 4. The fourth-order valence-corrected chi connectivity index (χ4v) is 0.742. The Hall–Kier alpha value is -1.14. The molecule has 6 nitrogen and oxygen atoms in total. The second-order valence-electron chi connectivity index (χ2n) is 2.88. The first-order valence-corrected chi connectivity index (χ1v) is 4.26. The van der Waals surface area contributed by atoms with E-state index in [0.717, 1.165) is 0 Å². The van der Waals surface area contributed by atoms with Crippen molar-refractivity contribution in [1.82, 2.24) is 5.48 Å². The summed E-state index contributed by atoms with van der Waals surface area (Å²) < 4.78 is 4.70. The van der Waals surface area contributed by atoms with Crippen LogP contribution >= 0.6 is 0 Å². The number of hydrogen-bond donors (Lipinski definition) is 2. The largest absolute Gasteiger partial charge is 0.382 e. The topological polar surface area (TPSA) is 90.7 Å². The van der Waals surface area contributed by atoms with E-state index >= 15 is 0 Å². The highest BCUT2D eigenvalue weighted by Gasteiger charge is 2.14. The number of hydroxylamine groups is 1. The van der Waals surface area contributed by atoms with Crippen molar-refractivity contribution < 1.29 is 19.2 Å². The van der Waals surface area contributed by atoms with Gasteiger partial charge in [0.25, 0.3) is 0 Å². The molecule has 0 fully saturated rings. The zero-order valence-corrected chi connectivity index (χ0v) is 8.41. The zero-order chi connectivity index (χ0) is 11.0. The van der Waals surface area contributed by atoms with Crippen LogP contribution in [-0.4, -0.2) is 32.1 Å². The summed E-state index contributed by atoms with van der Waals surface area (Å²) in [6.45, 7) is 2.26. The van der Waals surface area contributed by atoms with E-state index in [-0.39, 0.29) is 18.9 Å². The van der Waals surface area contributed by atoms with Crippen molar-refractivity contribution in [3.05, 3.63) is 0 Å². The Morgan fingerprint density at radius 3 is 2.57 bits per heavy atom. The molecule has 82 valence electrons. The molecular formula is C8H16N2O4. The summed E-state index contributed by atoms with van der Waals surface area (Å²) in [5.41, 5.74) is 7.12. The molecule has 0 aromatic carbocycles. The van der Waals surface area contributed by atoms with Crippen LogP contribution in [0.3, 0.4) is 0 Å². The molecule has 0 heterocycles. The second-order valence-corrected chi connectivity index (χ2v) is 2.88.